The first-order valence-corrected chi connectivity index (χ1v) is 8.58. The highest BCUT2D eigenvalue weighted by Gasteiger charge is 2.35. The van der Waals surface area contributed by atoms with E-state index in [1.54, 1.807) is 0 Å². The average molecular weight is 375 g/mol. The first-order valence-electron chi connectivity index (χ1n) is 8.58. The highest BCUT2D eigenvalue weighted by molar-refractivity contribution is 5.90. The molecular formula is C18H21N3O6. The molecule has 1 fully saturated rings. The van der Waals surface area contributed by atoms with Gasteiger partial charge in [-0.25, -0.2) is 4.79 Å². The number of nitrogens with one attached hydrogen (secondary N) is 1. The Hall–Kier alpha value is -3.15. The van der Waals surface area contributed by atoms with Crippen molar-refractivity contribution in [1.29, 1.82) is 5.26 Å². The highest BCUT2D eigenvalue weighted by Crippen LogP contribution is 2.30. The van der Waals surface area contributed by atoms with E-state index < -0.39 is 34.1 Å². The van der Waals surface area contributed by atoms with Crippen LogP contribution in [0, 0.1) is 21.4 Å². The molecule has 2 rings (SSSR count). The minimum Gasteiger partial charge on any atom is -0.474 e. The van der Waals surface area contributed by atoms with Crippen molar-refractivity contribution in [1.82, 2.24) is 5.32 Å². The Morgan fingerprint density at radius 2 is 2.00 bits per heavy atom. The van der Waals surface area contributed by atoms with Crippen LogP contribution in [0.4, 0.5) is 5.69 Å². The van der Waals surface area contributed by atoms with Crippen LogP contribution < -0.4 is 10.1 Å². The topological polar surface area (TPSA) is 132 Å². The summed E-state index contributed by atoms with van der Waals surface area (Å²) in [5.74, 6) is -1.39. The Morgan fingerprint density at radius 3 is 2.56 bits per heavy atom. The molecule has 1 aromatic carbocycles. The smallest absolute Gasteiger partial charge is 0.338 e. The Bertz CT molecular complexity index is 780. The maximum atomic E-state index is 12.5. The van der Waals surface area contributed by atoms with E-state index >= 15 is 0 Å². The van der Waals surface area contributed by atoms with Gasteiger partial charge in [0.05, 0.1) is 23.7 Å². The fourth-order valence-corrected chi connectivity index (χ4v) is 3.01. The van der Waals surface area contributed by atoms with Crippen molar-refractivity contribution in [3.8, 4) is 11.8 Å². The fourth-order valence-electron chi connectivity index (χ4n) is 3.01. The summed E-state index contributed by atoms with van der Waals surface area (Å²) in [6, 6.07) is 5.77. The quantitative estimate of drug-likeness (QED) is 0.459. The van der Waals surface area contributed by atoms with E-state index in [9.17, 15) is 25.0 Å². The second-order valence-electron chi connectivity index (χ2n) is 6.44. The van der Waals surface area contributed by atoms with Gasteiger partial charge in [-0.1, -0.05) is 19.3 Å². The van der Waals surface area contributed by atoms with Crippen molar-refractivity contribution in [2.24, 2.45) is 0 Å². The van der Waals surface area contributed by atoms with Crippen molar-refractivity contribution < 1.29 is 24.0 Å². The molecule has 1 atom stereocenters. The number of amides is 1. The third kappa shape index (κ3) is 4.73. The Kier molecular flexibility index (Phi) is 6.34. The molecule has 0 bridgehead atoms. The van der Waals surface area contributed by atoms with Crippen LogP contribution in [0.15, 0.2) is 18.2 Å². The lowest BCUT2D eigenvalue weighted by molar-refractivity contribution is -0.386. The lowest BCUT2D eigenvalue weighted by atomic mass is 9.83. The number of nitro groups is 1. The number of nitriles is 1. The zero-order chi connectivity index (χ0) is 20.0. The number of hydrogen-bond acceptors (Lipinski definition) is 7. The summed E-state index contributed by atoms with van der Waals surface area (Å²) in [5.41, 5.74) is -1.38. The van der Waals surface area contributed by atoms with Gasteiger partial charge in [0, 0.05) is 6.07 Å². The van der Waals surface area contributed by atoms with E-state index in [4.69, 9.17) is 4.74 Å². The van der Waals surface area contributed by atoms with E-state index in [-0.39, 0.29) is 11.3 Å². The van der Waals surface area contributed by atoms with Crippen molar-refractivity contribution in [3.05, 3.63) is 33.9 Å². The number of ether oxygens (including phenoxy) is 2. The lowest BCUT2D eigenvalue weighted by Crippen LogP contribution is -2.52. The van der Waals surface area contributed by atoms with Crippen LogP contribution in [0.3, 0.4) is 0 Å². The summed E-state index contributed by atoms with van der Waals surface area (Å²) in [7, 11) is 1.17. The standard InChI is InChI=1S/C18H21N3O6/c1-12(16(22)20-18(11-19)8-4-3-5-9-18)27-15-7-6-13(17(23)26-2)10-14(15)21(24)25/h6-7,10,12H,3-5,8-9H2,1-2H3,(H,20,22)/t12-/m0/s1. The summed E-state index contributed by atoms with van der Waals surface area (Å²) in [4.78, 5) is 34.6. The van der Waals surface area contributed by atoms with E-state index in [0.717, 1.165) is 25.3 Å². The van der Waals surface area contributed by atoms with Gasteiger partial charge in [0.15, 0.2) is 11.9 Å². The summed E-state index contributed by atoms with van der Waals surface area (Å²) < 4.78 is 9.99. The summed E-state index contributed by atoms with van der Waals surface area (Å²) in [6.45, 7) is 1.45. The SMILES string of the molecule is COC(=O)c1ccc(O[C@@H](C)C(=O)NC2(C#N)CCCCC2)c([N+](=O)[O-])c1. The fraction of sp³-hybridized carbons (Fsp3) is 0.500. The van der Waals surface area contributed by atoms with Gasteiger partial charge in [0.25, 0.3) is 5.91 Å². The summed E-state index contributed by atoms with van der Waals surface area (Å²) in [5, 5.41) is 23.4. The maximum Gasteiger partial charge on any atom is 0.338 e. The third-order valence-electron chi connectivity index (χ3n) is 4.53. The minimum absolute atomic E-state index is 0.000654. The number of nitro benzene ring substituents is 1. The van der Waals surface area contributed by atoms with Gasteiger partial charge in [-0.15, -0.1) is 0 Å². The summed E-state index contributed by atoms with van der Waals surface area (Å²) >= 11 is 0. The number of methoxy groups -OCH3 is 1. The number of carbonyl (C=O) groups is 2. The van der Waals surface area contributed by atoms with Gasteiger partial charge < -0.3 is 14.8 Å². The van der Waals surface area contributed by atoms with Crippen LogP contribution in [-0.2, 0) is 9.53 Å². The molecule has 0 aromatic heterocycles. The monoisotopic (exact) mass is 375 g/mol. The molecule has 27 heavy (non-hydrogen) atoms. The summed E-state index contributed by atoms with van der Waals surface area (Å²) in [6.07, 6.45) is 2.79. The third-order valence-corrected chi connectivity index (χ3v) is 4.53. The van der Waals surface area contributed by atoms with Crippen LogP contribution in [-0.4, -0.2) is 35.6 Å². The second-order valence-corrected chi connectivity index (χ2v) is 6.44. The molecule has 0 unspecified atom stereocenters. The molecular weight excluding hydrogens is 354 g/mol. The van der Waals surface area contributed by atoms with Crippen LogP contribution in [0.1, 0.15) is 49.4 Å². The molecule has 0 aliphatic heterocycles. The molecule has 144 valence electrons. The predicted octanol–water partition coefficient (Wildman–Crippen LogP) is 2.49. The number of hydrogen-bond donors (Lipinski definition) is 1. The molecule has 9 heteroatoms. The number of benzene rings is 1. The Labute approximate surface area is 156 Å². The number of esters is 1. The van der Waals surface area contributed by atoms with Crippen LogP contribution in [0.2, 0.25) is 0 Å². The van der Waals surface area contributed by atoms with E-state index in [1.165, 1.54) is 26.2 Å². The molecule has 9 nitrogen and oxygen atoms in total. The molecule has 0 saturated heterocycles. The molecule has 1 amide bonds. The zero-order valence-electron chi connectivity index (χ0n) is 15.2. The number of nitrogens with zero attached hydrogens (tertiary/aromatic N) is 2. The predicted molar refractivity (Wildman–Crippen MR) is 94.1 cm³/mol. The van der Waals surface area contributed by atoms with Gasteiger partial charge in [0.2, 0.25) is 0 Å². The van der Waals surface area contributed by atoms with Crippen molar-refractivity contribution >= 4 is 17.6 Å². The van der Waals surface area contributed by atoms with Gasteiger partial charge >= 0.3 is 11.7 Å². The average Bonchev–Trinajstić information content (AvgIpc) is 2.68. The second kappa shape index (κ2) is 8.49. The van der Waals surface area contributed by atoms with E-state index in [2.05, 4.69) is 16.1 Å². The number of rotatable bonds is 6. The molecule has 1 aliphatic rings. The largest absolute Gasteiger partial charge is 0.474 e. The van der Waals surface area contributed by atoms with Gasteiger partial charge in [-0.05, 0) is 31.9 Å². The van der Waals surface area contributed by atoms with Crippen LogP contribution >= 0.6 is 0 Å². The van der Waals surface area contributed by atoms with Crippen molar-refractivity contribution in [2.75, 3.05) is 7.11 Å². The molecule has 0 heterocycles. The Balaban J connectivity index is 2.15. The molecule has 1 aromatic rings. The maximum absolute atomic E-state index is 12.5. The van der Waals surface area contributed by atoms with Crippen molar-refractivity contribution in [3.63, 3.8) is 0 Å². The van der Waals surface area contributed by atoms with Gasteiger partial charge in [0.1, 0.15) is 5.54 Å². The van der Waals surface area contributed by atoms with E-state index in [1.807, 2.05) is 0 Å². The normalized spacial score (nSPS) is 16.5. The zero-order valence-corrected chi connectivity index (χ0v) is 15.2. The van der Waals surface area contributed by atoms with Crippen LogP contribution in [0.5, 0.6) is 5.75 Å². The first kappa shape index (κ1) is 20.2. The Morgan fingerprint density at radius 1 is 1.33 bits per heavy atom. The molecule has 0 radical (unpaired) electrons. The highest BCUT2D eigenvalue weighted by atomic mass is 16.6. The lowest BCUT2D eigenvalue weighted by Gasteiger charge is -2.32. The first-order chi connectivity index (χ1) is 12.8. The van der Waals surface area contributed by atoms with Crippen molar-refractivity contribution in [2.45, 2.75) is 50.7 Å². The van der Waals surface area contributed by atoms with E-state index in [0.29, 0.717) is 12.8 Å². The molecule has 1 saturated carbocycles. The van der Waals surface area contributed by atoms with Gasteiger partial charge in [-0.3, -0.25) is 14.9 Å². The van der Waals surface area contributed by atoms with Crippen LogP contribution in [0.25, 0.3) is 0 Å². The van der Waals surface area contributed by atoms with Gasteiger partial charge in [-0.2, -0.15) is 5.26 Å². The molecule has 1 N–H and O–H groups in total. The minimum atomic E-state index is -1.06. The number of carbonyl (C=O) groups excluding carboxylic acids is 2. The molecule has 1 aliphatic carbocycles. The molecule has 0 spiro atoms.